The molecule has 1 fully saturated rings. The van der Waals surface area contributed by atoms with E-state index < -0.39 is 56.6 Å². The molecule has 2 aliphatic rings. The van der Waals surface area contributed by atoms with E-state index in [1.807, 2.05) is 0 Å². The summed E-state index contributed by atoms with van der Waals surface area (Å²) in [6.45, 7) is 5.61. The van der Waals surface area contributed by atoms with Gasteiger partial charge in [0.05, 0.1) is 16.5 Å². The molecule has 1 unspecified atom stereocenters. The van der Waals surface area contributed by atoms with E-state index in [-0.39, 0.29) is 23.0 Å². The zero-order chi connectivity index (χ0) is 26.5. The van der Waals surface area contributed by atoms with Gasteiger partial charge in [-0.25, -0.2) is 23.1 Å². The Bertz CT molecular complexity index is 1310. The van der Waals surface area contributed by atoms with E-state index >= 15 is 4.39 Å². The van der Waals surface area contributed by atoms with Crippen molar-refractivity contribution in [3.63, 3.8) is 0 Å². The van der Waals surface area contributed by atoms with Crippen LogP contribution in [0.5, 0.6) is 0 Å². The number of alkyl halides is 2. The first-order valence-corrected chi connectivity index (χ1v) is 12.8. The SMILES string of the molecule is CC#Cc1ccc(C(=O)Nc2ccc(F)c([C@@]3(C)N=C(N)C(C)(C)S4(O)NCC(F)(F)C[C@H]34)n2)nc1. The van der Waals surface area contributed by atoms with Crippen LogP contribution in [0.25, 0.3) is 0 Å². The lowest BCUT2D eigenvalue weighted by atomic mass is 9.88. The number of aliphatic imine (C=N–C) groups is 1. The third kappa shape index (κ3) is 4.21. The van der Waals surface area contributed by atoms with Crippen molar-refractivity contribution in [2.75, 3.05) is 11.9 Å². The number of hydrogen-bond acceptors (Lipinski definition) is 7. The van der Waals surface area contributed by atoms with Gasteiger partial charge in [-0.1, -0.05) is 16.4 Å². The quantitative estimate of drug-likeness (QED) is 0.457. The minimum Gasteiger partial charge on any atom is -0.386 e. The Balaban J connectivity index is 1.74. The van der Waals surface area contributed by atoms with Crippen LogP contribution in [0.2, 0.25) is 0 Å². The highest BCUT2D eigenvalue weighted by atomic mass is 32.3. The van der Waals surface area contributed by atoms with Gasteiger partial charge in [0.25, 0.3) is 11.8 Å². The van der Waals surface area contributed by atoms with Crippen LogP contribution in [0.1, 0.15) is 55.9 Å². The largest absolute Gasteiger partial charge is 0.386 e. The zero-order valence-corrected chi connectivity index (χ0v) is 21.0. The van der Waals surface area contributed by atoms with Crippen LogP contribution < -0.4 is 15.8 Å². The molecule has 0 radical (unpaired) electrons. The Morgan fingerprint density at radius 3 is 2.64 bits per heavy atom. The standard InChI is InChI=1S/C24H27F3N6O2S/c1-5-6-14-7-9-16(29-12-14)20(34)32-18-10-8-15(25)19(31-18)23(4)17-11-24(26,27)13-30-36(17,35)22(2,3)21(28)33-23/h7-10,12,17,30,35H,11,13H2,1-4H3,(H2,28,33)(H,31,32,34)/t17-,23+/m1/s1. The molecule has 36 heavy (non-hydrogen) atoms. The van der Waals surface area contributed by atoms with Crippen molar-refractivity contribution >= 4 is 28.1 Å². The molecular weight excluding hydrogens is 493 g/mol. The number of amidine groups is 1. The normalized spacial score (nSPS) is 30.0. The molecule has 4 heterocycles. The molecular formula is C24H27F3N6O2S. The minimum atomic E-state index is -3.16. The van der Waals surface area contributed by atoms with E-state index in [2.05, 4.69) is 36.8 Å². The summed E-state index contributed by atoms with van der Waals surface area (Å²) in [7, 11) is -3.04. The summed E-state index contributed by atoms with van der Waals surface area (Å²) in [5, 5.41) is 1.33. The fraction of sp³-hybridized carbons (Fsp3) is 0.417. The molecule has 192 valence electrons. The molecule has 5 N–H and O–H groups in total. The molecule has 0 aromatic carbocycles. The number of rotatable bonds is 3. The number of aromatic nitrogens is 2. The van der Waals surface area contributed by atoms with Gasteiger partial charge in [0, 0.05) is 18.2 Å². The first-order chi connectivity index (χ1) is 16.7. The Morgan fingerprint density at radius 1 is 1.28 bits per heavy atom. The van der Waals surface area contributed by atoms with Gasteiger partial charge in [-0.15, -0.1) is 5.92 Å². The van der Waals surface area contributed by atoms with Crippen LogP contribution >= 0.6 is 10.5 Å². The van der Waals surface area contributed by atoms with Gasteiger partial charge in [-0.3, -0.25) is 14.5 Å². The van der Waals surface area contributed by atoms with Gasteiger partial charge < -0.3 is 15.6 Å². The van der Waals surface area contributed by atoms with Crippen LogP contribution in [0.4, 0.5) is 19.0 Å². The maximum Gasteiger partial charge on any atom is 0.275 e. The van der Waals surface area contributed by atoms with Gasteiger partial charge in [0.2, 0.25) is 0 Å². The van der Waals surface area contributed by atoms with E-state index in [0.717, 1.165) is 6.07 Å². The minimum absolute atomic E-state index is 0.00780. The van der Waals surface area contributed by atoms with Gasteiger partial charge in [-0.2, -0.15) is 0 Å². The molecule has 12 heteroatoms. The molecule has 4 rings (SSSR count). The van der Waals surface area contributed by atoms with E-state index in [0.29, 0.717) is 5.56 Å². The summed E-state index contributed by atoms with van der Waals surface area (Å²) >= 11 is 0. The molecule has 1 amide bonds. The molecule has 2 aromatic heterocycles. The fourth-order valence-electron chi connectivity index (χ4n) is 4.46. The molecule has 1 saturated heterocycles. The number of nitrogens with two attached hydrogens (primary N) is 1. The van der Waals surface area contributed by atoms with Gasteiger partial charge in [0.15, 0.2) is 0 Å². The number of pyridine rings is 2. The Morgan fingerprint density at radius 2 is 2.00 bits per heavy atom. The zero-order valence-electron chi connectivity index (χ0n) is 20.2. The second kappa shape index (κ2) is 8.76. The summed E-state index contributed by atoms with van der Waals surface area (Å²) in [5.41, 5.74) is 4.88. The van der Waals surface area contributed by atoms with E-state index in [1.165, 1.54) is 25.3 Å². The van der Waals surface area contributed by atoms with Gasteiger partial charge in [-0.05, 0) is 52.0 Å². The molecule has 8 nitrogen and oxygen atoms in total. The molecule has 0 bridgehead atoms. The predicted octanol–water partition coefficient (Wildman–Crippen LogP) is 3.79. The number of nitrogens with one attached hydrogen (secondary N) is 2. The molecule has 2 aliphatic heterocycles. The first kappa shape index (κ1) is 25.9. The first-order valence-electron chi connectivity index (χ1n) is 11.1. The molecule has 0 aliphatic carbocycles. The third-order valence-corrected chi connectivity index (χ3v) is 10.5. The number of anilines is 1. The van der Waals surface area contributed by atoms with E-state index in [4.69, 9.17) is 5.73 Å². The fourth-order valence-corrected chi connectivity index (χ4v) is 7.84. The summed E-state index contributed by atoms with van der Waals surface area (Å²) in [6, 6.07) is 5.41. The van der Waals surface area contributed by atoms with Crippen LogP contribution in [-0.2, 0) is 5.54 Å². The molecule has 2 aromatic rings. The summed E-state index contributed by atoms with van der Waals surface area (Å²) in [4.78, 5) is 25.4. The van der Waals surface area contributed by atoms with Crippen molar-refractivity contribution in [2.45, 2.75) is 55.6 Å². The van der Waals surface area contributed by atoms with Crippen molar-refractivity contribution in [3.05, 3.63) is 53.2 Å². The van der Waals surface area contributed by atoms with Crippen molar-refractivity contribution < 1.29 is 22.5 Å². The average Bonchev–Trinajstić information content (AvgIpc) is 2.81. The summed E-state index contributed by atoms with van der Waals surface area (Å²) < 4.78 is 57.4. The molecule has 3 atom stereocenters. The lowest BCUT2D eigenvalue weighted by Crippen LogP contribution is -2.65. The maximum atomic E-state index is 15.2. The number of carbonyl (C=O) groups excluding carboxylic acids is 1. The summed E-state index contributed by atoms with van der Waals surface area (Å²) in [5.74, 6) is 0.905. The van der Waals surface area contributed by atoms with Crippen LogP contribution in [0, 0.1) is 17.7 Å². The van der Waals surface area contributed by atoms with Crippen molar-refractivity contribution in [1.82, 2.24) is 14.7 Å². The Hall–Kier alpha value is -3.14. The number of nitrogens with zero attached hydrogens (tertiary/aromatic N) is 3. The van der Waals surface area contributed by atoms with Crippen LogP contribution in [0.15, 0.2) is 35.5 Å². The summed E-state index contributed by atoms with van der Waals surface area (Å²) in [6.07, 6.45) is 0.703. The number of carbonyl (C=O) groups is 1. The van der Waals surface area contributed by atoms with Crippen LogP contribution in [-0.4, -0.2) is 48.7 Å². The number of hydrogen-bond donors (Lipinski definition) is 4. The second-order valence-electron chi connectivity index (χ2n) is 9.44. The monoisotopic (exact) mass is 520 g/mol. The molecule has 0 spiro atoms. The number of amides is 1. The topological polar surface area (TPSA) is 126 Å². The highest BCUT2D eigenvalue weighted by Crippen LogP contribution is 2.67. The van der Waals surface area contributed by atoms with Crippen molar-refractivity contribution in [2.24, 2.45) is 10.7 Å². The highest BCUT2D eigenvalue weighted by molar-refractivity contribution is 8.29. The lowest BCUT2D eigenvalue weighted by molar-refractivity contribution is -0.0148. The average molecular weight is 521 g/mol. The third-order valence-electron chi connectivity index (χ3n) is 6.65. The van der Waals surface area contributed by atoms with Crippen molar-refractivity contribution in [3.8, 4) is 11.8 Å². The van der Waals surface area contributed by atoms with Gasteiger partial charge in [0.1, 0.15) is 34.4 Å². The number of fused-ring (bicyclic) bond motifs is 1. The highest BCUT2D eigenvalue weighted by Gasteiger charge is 2.64. The molecule has 0 saturated carbocycles. The van der Waals surface area contributed by atoms with E-state index in [9.17, 15) is 18.1 Å². The Labute approximate surface area is 208 Å². The number of halogens is 3. The van der Waals surface area contributed by atoms with Gasteiger partial charge >= 0.3 is 0 Å². The van der Waals surface area contributed by atoms with Crippen LogP contribution in [0.3, 0.4) is 0 Å². The Kier molecular flexibility index (Phi) is 6.31. The second-order valence-corrected chi connectivity index (χ2v) is 12.6. The van der Waals surface area contributed by atoms with Crippen molar-refractivity contribution in [1.29, 1.82) is 0 Å². The smallest absolute Gasteiger partial charge is 0.275 e. The van der Waals surface area contributed by atoms with E-state index in [1.54, 1.807) is 26.8 Å². The maximum absolute atomic E-state index is 15.2. The lowest BCUT2D eigenvalue weighted by Gasteiger charge is -2.61. The predicted molar refractivity (Wildman–Crippen MR) is 134 cm³/mol.